The van der Waals surface area contributed by atoms with E-state index in [0.29, 0.717) is 23.7 Å². The number of likely N-dealkylation sites (N-methyl/N-ethyl adjacent to an activating group) is 1. The largest absolute Gasteiger partial charge is 0.399 e. The summed E-state index contributed by atoms with van der Waals surface area (Å²) >= 11 is 0. The topological polar surface area (TPSA) is 66.6 Å². The third-order valence-electron chi connectivity index (χ3n) is 3.76. The first kappa shape index (κ1) is 15.3. The van der Waals surface area contributed by atoms with Crippen LogP contribution in [0.2, 0.25) is 0 Å². The fourth-order valence-electron chi connectivity index (χ4n) is 2.78. The fourth-order valence-corrected chi connectivity index (χ4v) is 4.66. The normalized spacial score (nSPS) is 18.9. The van der Waals surface area contributed by atoms with Gasteiger partial charge in [-0.15, -0.1) is 0 Å². The van der Waals surface area contributed by atoms with Crippen molar-refractivity contribution in [2.24, 2.45) is 0 Å². The molecule has 1 heterocycles. The number of benzene rings is 1. The number of nitrogens with two attached hydrogens (primary N) is 1. The van der Waals surface area contributed by atoms with Crippen LogP contribution in [0.5, 0.6) is 0 Å². The summed E-state index contributed by atoms with van der Waals surface area (Å²) in [5, 5.41) is 0. The molecule has 1 saturated heterocycles. The van der Waals surface area contributed by atoms with Crippen LogP contribution in [0.1, 0.15) is 17.5 Å². The van der Waals surface area contributed by atoms with Crippen molar-refractivity contribution in [2.75, 3.05) is 39.0 Å². The van der Waals surface area contributed by atoms with Crippen LogP contribution >= 0.6 is 0 Å². The molecule has 5 nitrogen and oxygen atoms in total. The zero-order chi connectivity index (χ0) is 14.9. The van der Waals surface area contributed by atoms with Crippen molar-refractivity contribution in [3.8, 4) is 0 Å². The molecule has 2 N–H and O–H groups in total. The zero-order valence-electron chi connectivity index (χ0n) is 12.4. The molecule has 1 aromatic carbocycles. The molecule has 0 bridgehead atoms. The second-order valence-electron chi connectivity index (χ2n) is 5.54. The summed E-state index contributed by atoms with van der Waals surface area (Å²) in [7, 11) is -1.41. The highest BCUT2D eigenvalue weighted by molar-refractivity contribution is 7.89. The lowest BCUT2D eigenvalue weighted by Gasteiger charge is -2.22. The molecule has 2 rings (SSSR count). The van der Waals surface area contributed by atoms with Gasteiger partial charge >= 0.3 is 0 Å². The minimum atomic E-state index is -3.44. The number of anilines is 1. The minimum absolute atomic E-state index is 0.413. The fraction of sp³-hybridized carbons (Fsp3) is 0.571. The minimum Gasteiger partial charge on any atom is -0.399 e. The van der Waals surface area contributed by atoms with E-state index in [-0.39, 0.29) is 0 Å². The molecular weight excluding hydrogens is 274 g/mol. The number of nitrogens with zero attached hydrogens (tertiary/aromatic N) is 2. The molecule has 20 heavy (non-hydrogen) atoms. The van der Waals surface area contributed by atoms with Crippen molar-refractivity contribution in [2.45, 2.75) is 25.2 Å². The standard InChI is InChI=1S/C14H23N3O2S/c1-11-9-13(15)10-12(2)14(11)20(18,19)17-6-4-5-16(3)7-8-17/h9-10H,4-8,15H2,1-3H3. The molecule has 1 aromatic rings. The van der Waals surface area contributed by atoms with Gasteiger partial charge in [-0.3, -0.25) is 0 Å². The number of aryl methyl sites for hydroxylation is 2. The number of rotatable bonds is 2. The van der Waals surface area contributed by atoms with E-state index in [4.69, 9.17) is 5.73 Å². The molecule has 6 heteroatoms. The highest BCUT2D eigenvalue weighted by Crippen LogP contribution is 2.26. The molecule has 1 aliphatic heterocycles. The summed E-state index contributed by atoms with van der Waals surface area (Å²) in [6.45, 7) is 6.44. The Morgan fingerprint density at radius 2 is 1.65 bits per heavy atom. The molecule has 1 fully saturated rings. The number of hydrogen-bond donors (Lipinski definition) is 1. The second kappa shape index (κ2) is 5.71. The third-order valence-corrected chi connectivity index (χ3v) is 5.96. The quantitative estimate of drug-likeness (QED) is 0.833. The number of sulfonamides is 1. The van der Waals surface area contributed by atoms with Crippen molar-refractivity contribution in [3.63, 3.8) is 0 Å². The molecule has 0 aromatic heterocycles. The smallest absolute Gasteiger partial charge is 0.243 e. The molecule has 0 radical (unpaired) electrons. The molecule has 0 amide bonds. The molecule has 0 unspecified atom stereocenters. The van der Waals surface area contributed by atoms with Crippen LogP contribution < -0.4 is 5.73 Å². The van der Waals surface area contributed by atoms with Gasteiger partial charge in [0.25, 0.3) is 0 Å². The van der Waals surface area contributed by atoms with E-state index in [1.54, 1.807) is 30.3 Å². The van der Waals surface area contributed by atoms with Crippen LogP contribution in [0.25, 0.3) is 0 Å². The first-order valence-corrected chi connectivity index (χ1v) is 8.32. The maximum Gasteiger partial charge on any atom is 0.243 e. The Kier molecular flexibility index (Phi) is 4.36. The average molecular weight is 297 g/mol. The predicted octanol–water partition coefficient (Wildman–Crippen LogP) is 1.21. The second-order valence-corrected chi connectivity index (χ2v) is 7.42. The highest BCUT2D eigenvalue weighted by atomic mass is 32.2. The van der Waals surface area contributed by atoms with Crippen LogP contribution in [0.3, 0.4) is 0 Å². The predicted molar refractivity (Wildman–Crippen MR) is 81.2 cm³/mol. The molecule has 1 aliphatic rings. The van der Waals surface area contributed by atoms with E-state index in [9.17, 15) is 8.42 Å². The summed E-state index contributed by atoms with van der Waals surface area (Å²) in [5.41, 5.74) is 7.83. The maximum atomic E-state index is 12.9. The van der Waals surface area contributed by atoms with Gasteiger partial charge in [0.1, 0.15) is 0 Å². The first-order valence-electron chi connectivity index (χ1n) is 6.88. The molecule has 112 valence electrons. The van der Waals surface area contributed by atoms with Crippen LogP contribution in [-0.4, -0.2) is 50.8 Å². The monoisotopic (exact) mass is 297 g/mol. The van der Waals surface area contributed by atoms with Gasteiger partial charge in [-0.1, -0.05) is 0 Å². The van der Waals surface area contributed by atoms with Crippen molar-refractivity contribution in [3.05, 3.63) is 23.3 Å². The SMILES string of the molecule is Cc1cc(N)cc(C)c1S(=O)(=O)N1CCCN(C)CC1. The van der Waals surface area contributed by atoms with Crippen molar-refractivity contribution >= 4 is 15.7 Å². The number of nitrogen functional groups attached to an aromatic ring is 1. The van der Waals surface area contributed by atoms with E-state index >= 15 is 0 Å². The molecule has 0 aliphatic carbocycles. The van der Waals surface area contributed by atoms with E-state index < -0.39 is 10.0 Å². The summed E-state index contributed by atoms with van der Waals surface area (Å²) in [5.74, 6) is 0. The average Bonchev–Trinajstić information content (AvgIpc) is 2.52. The van der Waals surface area contributed by atoms with Crippen LogP contribution in [0.4, 0.5) is 5.69 Å². The lowest BCUT2D eigenvalue weighted by Crippen LogP contribution is -2.35. The van der Waals surface area contributed by atoms with Gasteiger partial charge in [0.2, 0.25) is 10.0 Å². The van der Waals surface area contributed by atoms with E-state index in [2.05, 4.69) is 4.90 Å². The lowest BCUT2D eigenvalue weighted by atomic mass is 10.1. The Labute approximate surface area is 121 Å². The molecule has 0 saturated carbocycles. The Hall–Kier alpha value is -1.11. The van der Waals surface area contributed by atoms with Gasteiger partial charge in [-0.2, -0.15) is 4.31 Å². The summed E-state index contributed by atoms with van der Waals surface area (Å²) < 4.78 is 27.3. The summed E-state index contributed by atoms with van der Waals surface area (Å²) in [4.78, 5) is 2.58. The van der Waals surface area contributed by atoms with Gasteiger partial charge in [0, 0.05) is 25.3 Å². The van der Waals surface area contributed by atoms with E-state index in [1.807, 2.05) is 7.05 Å². The number of hydrogen-bond acceptors (Lipinski definition) is 4. The van der Waals surface area contributed by atoms with Crippen molar-refractivity contribution in [1.29, 1.82) is 0 Å². The highest BCUT2D eigenvalue weighted by Gasteiger charge is 2.29. The van der Waals surface area contributed by atoms with Crippen LogP contribution in [0, 0.1) is 13.8 Å². The van der Waals surface area contributed by atoms with Gasteiger partial charge in [-0.05, 0) is 57.1 Å². The summed E-state index contributed by atoms with van der Waals surface area (Å²) in [6.07, 6.45) is 0.864. The van der Waals surface area contributed by atoms with Crippen LogP contribution in [-0.2, 0) is 10.0 Å². The Morgan fingerprint density at radius 1 is 1.05 bits per heavy atom. The van der Waals surface area contributed by atoms with Gasteiger partial charge < -0.3 is 10.6 Å². The first-order chi connectivity index (χ1) is 9.32. The molecular formula is C14H23N3O2S. The van der Waals surface area contributed by atoms with Gasteiger partial charge in [0.05, 0.1) is 4.90 Å². The third kappa shape index (κ3) is 2.97. The van der Waals surface area contributed by atoms with E-state index in [0.717, 1.165) is 30.6 Å². The summed E-state index contributed by atoms with van der Waals surface area (Å²) in [6, 6.07) is 3.45. The molecule has 0 spiro atoms. The van der Waals surface area contributed by atoms with Crippen molar-refractivity contribution in [1.82, 2.24) is 9.21 Å². The maximum absolute atomic E-state index is 12.9. The Morgan fingerprint density at radius 3 is 2.25 bits per heavy atom. The Bertz CT molecular complexity index is 575. The zero-order valence-corrected chi connectivity index (χ0v) is 13.2. The molecule has 0 atom stereocenters. The van der Waals surface area contributed by atoms with Crippen LogP contribution in [0.15, 0.2) is 17.0 Å². The Balaban J connectivity index is 2.40. The van der Waals surface area contributed by atoms with E-state index in [1.165, 1.54) is 0 Å². The van der Waals surface area contributed by atoms with Crippen molar-refractivity contribution < 1.29 is 8.42 Å². The van der Waals surface area contributed by atoms with Gasteiger partial charge in [-0.25, -0.2) is 8.42 Å². The van der Waals surface area contributed by atoms with Gasteiger partial charge in [0.15, 0.2) is 0 Å². The lowest BCUT2D eigenvalue weighted by molar-refractivity contribution is 0.347.